The molecule has 98 valence electrons. The van der Waals surface area contributed by atoms with Crippen LogP contribution in [0.1, 0.15) is 29.2 Å². The van der Waals surface area contributed by atoms with Crippen LogP contribution in [-0.4, -0.2) is 19.5 Å². The second-order valence-corrected chi connectivity index (χ2v) is 5.96. The number of aromatic amines is 1. The second kappa shape index (κ2) is 4.54. The summed E-state index contributed by atoms with van der Waals surface area (Å²) < 4.78 is 2.72. The summed E-state index contributed by atoms with van der Waals surface area (Å²) >= 11 is 7.08. The molecule has 0 saturated heterocycles. The normalized spacial score (nSPS) is 13.0. The van der Waals surface area contributed by atoms with Gasteiger partial charge in [-0.05, 0) is 44.6 Å². The number of aryl methyl sites for hydroxylation is 2. The quantitative estimate of drug-likeness (QED) is 0.731. The van der Waals surface area contributed by atoms with Crippen molar-refractivity contribution in [3.63, 3.8) is 0 Å². The Morgan fingerprint density at radius 2 is 2.21 bits per heavy atom. The molecule has 0 aromatic carbocycles. The largest absolute Gasteiger partial charge is 0.329 e. The maximum absolute atomic E-state index is 5.42. The number of aromatic nitrogens is 4. The molecule has 3 rings (SSSR count). The van der Waals surface area contributed by atoms with Gasteiger partial charge in [0.15, 0.2) is 10.4 Å². The van der Waals surface area contributed by atoms with Gasteiger partial charge >= 0.3 is 0 Å². The second-order valence-electron chi connectivity index (χ2n) is 4.69. The van der Waals surface area contributed by atoms with E-state index in [-0.39, 0.29) is 6.04 Å². The number of imidazole rings is 1. The van der Waals surface area contributed by atoms with Crippen LogP contribution in [0.25, 0.3) is 11.2 Å². The molecule has 6 heteroatoms. The fourth-order valence-corrected chi connectivity index (χ4v) is 3.35. The summed E-state index contributed by atoms with van der Waals surface area (Å²) in [5, 5.41) is 3.11. The summed E-state index contributed by atoms with van der Waals surface area (Å²) in [5.74, 6) is 0. The van der Waals surface area contributed by atoms with E-state index < -0.39 is 0 Å². The highest BCUT2D eigenvalue weighted by atomic mass is 32.1. The molecule has 0 aliphatic rings. The zero-order chi connectivity index (χ0) is 13.6. The third kappa shape index (κ3) is 2.11. The Bertz CT molecular complexity index is 796. The van der Waals surface area contributed by atoms with Crippen molar-refractivity contribution < 1.29 is 0 Å². The summed E-state index contributed by atoms with van der Waals surface area (Å²) in [6.45, 7) is 6.13. The Balaban J connectivity index is 2.19. The first-order valence-corrected chi connectivity index (χ1v) is 7.34. The number of nitrogens with zero attached hydrogens (tertiary/aromatic N) is 3. The molecule has 3 heterocycles. The van der Waals surface area contributed by atoms with Gasteiger partial charge in [-0.3, -0.25) is 4.57 Å². The Labute approximate surface area is 120 Å². The summed E-state index contributed by atoms with van der Waals surface area (Å²) in [7, 11) is 0. The first-order chi connectivity index (χ1) is 9.06. The number of hydrogen-bond acceptors (Lipinski definition) is 4. The molecule has 1 unspecified atom stereocenters. The smallest absolute Gasteiger partial charge is 0.179 e. The highest BCUT2D eigenvalue weighted by molar-refractivity contribution is 7.71. The van der Waals surface area contributed by atoms with Crippen LogP contribution in [0, 0.1) is 18.6 Å². The van der Waals surface area contributed by atoms with Gasteiger partial charge in [-0.1, -0.05) is 0 Å². The Morgan fingerprint density at radius 3 is 2.89 bits per heavy atom. The number of rotatable bonds is 2. The topological polar surface area (TPSA) is 46.5 Å². The van der Waals surface area contributed by atoms with E-state index in [2.05, 4.69) is 33.3 Å². The molecule has 1 atom stereocenters. The van der Waals surface area contributed by atoms with Crippen LogP contribution in [-0.2, 0) is 0 Å². The summed E-state index contributed by atoms with van der Waals surface area (Å²) in [5.41, 5.74) is 4.02. The number of hydrogen-bond donors (Lipinski definition) is 1. The van der Waals surface area contributed by atoms with Gasteiger partial charge in [0.25, 0.3) is 0 Å². The molecule has 3 aromatic heterocycles. The summed E-state index contributed by atoms with van der Waals surface area (Å²) in [6, 6.07) is 2.16. The molecule has 0 aliphatic carbocycles. The maximum atomic E-state index is 5.42. The maximum Gasteiger partial charge on any atom is 0.179 e. The van der Waals surface area contributed by atoms with Gasteiger partial charge in [0.1, 0.15) is 5.01 Å². The fourth-order valence-electron chi connectivity index (χ4n) is 2.15. The molecule has 0 amide bonds. The number of thiazole rings is 1. The van der Waals surface area contributed by atoms with E-state index in [1.165, 1.54) is 0 Å². The lowest BCUT2D eigenvalue weighted by Crippen LogP contribution is -2.07. The van der Waals surface area contributed by atoms with Crippen LogP contribution in [0.3, 0.4) is 0 Å². The van der Waals surface area contributed by atoms with Crippen LogP contribution in [0.5, 0.6) is 0 Å². The van der Waals surface area contributed by atoms with Gasteiger partial charge in [0.2, 0.25) is 0 Å². The predicted molar refractivity (Wildman–Crippen MR) is 80.3 cm³/mol. The lowest BCUT2D eigenvalue weighted by molar-refractivity contribution is 0.638. The minimum Gasteiger partial charge on any atom is -0.329 e. The van der Waals surface area contributed by atoms with E-state index in [1.807, 2.05) is 24.6 Å². The van der Waals surface area contributed by atoms with Crippen molar-refractivity contribution >= 4 is 34.7 Å². The first kappa shape index (κ1) is 12.5. The van der Waals surface area contributed by atoms with Crippen molar-refractivity contribution in [3.05, 3.63) is 38.7 Å². The molecule has 19 heavy (non-hydrogen) atoms. The number of fused-ring (bicyclic) bond motifs is 1. The third-order valence-electron chi connectivity index (χ3n) is 3.07. The van der Waals surface area contributed by atoms with Crippen LogP contribution < -0.4 is 0 Å². The SMILES string of the molecule is Cc1cnc2c(c1)[nH]c(=S)n2C(C)c1nc(C)cs1. The zero-order valence-electron chi connectivity index (χ0n) is 11.0. The minimum atomic E-state index is 0.0927. The number of nitrogens with one attached hydrogen (secondary N) is 1. The molecular weight excluding hydrogens is 276 g/mol. The van der Waals surface area contributed by atoms with Gasteiger partial charge in [0, 0.05) is 17.3 Å². The molecule has 0 aliphatic heterocycles. The van der Waals surface area contributed by atoms with E-state index in [4.69, 9.17) is 12.2 Å². The summed E-state index contributed by atoms with van der Waals surface area (Å²) in [6.07, 6.45) is 1.86. The number of pyridine rings is 1. The van der Waals surface area contributed by atoms with E-state index in [9.17, 15) is 0 Å². The third-order valence-corrected chi connectivity index (χ3v) is 4.51. The molecule has 3 aromatic rings. The average molecular weight is 290 g/mol. The monoisotopic (exact) mass is 290 g/mol. The van der Waals surface area contributed by atoms with Crippen molar-refractivity contribution in [2.75, 3.05) is 0 Å². The van der Waals surface area contributed by atoms with Gasteiger partial charge in [-0.2, -0.15) is 0 Å². The molecule has 0 radical (unpaired) electrons. The molecule has 1 N–H and O–H groups in total. The zero-order valence-corrected chi connectivity index (χ0v) is 12.6. The van der Waals surface area contributed by atoms with Crippen molar-refractivity contribution in [1.29, 1.82) is 0 Å². The molecule has 0 fully saturated rings. The fraction of sp³-hybridized carbons (Fsp3) is 0.308. The van der Waals surface area contributed by atoms with Gasteiger partial charge in [-0.25, -0.2) is 9.97 Å². The van der Waals surface area contributed by atoms with Crippen molar-refractivity contribution in [2.24, 2.45) is 0 Å². The van der Waals surface area contributed by atoms with Crippen molar-refractivity contribution in [2.45, 2.75) is 26.8 Å². The van der Waals surface area contributed by atoms with Gasteiger partial charge in [0.05, 0.1) is 11.6 Å². The standard InChI is InChI=1S/C13H14N4S2/c1-7-4-10-11(14-5-7)17(13(18)16-10)9(3)12-15-8(2)6-19-12/h4-6,9H,1-3H3,(H,16,18). The van der Waals surface area contributed by atoms with E-state index >= 15 is 0 Å². The highest BCUT2D eigenvalue weighted by Gasteiger charge is 2.16. The van der Waals surface area contributed by atoms with Gasteiger partial charge in [-0.15, -0.1) is 11.3 Å². The summed E-state index contributed by atoms with van der Waals surface area (Å²) in [4.78, 5) is 12.3. The first-order valence-electron chi connectivity index (χ1n) is 6.05. The van der Waals surface area contributed by atoms with Crippen molar-refractivity contribution in [3.8, 4) is 0 Å². The Kier molecular flexibility index (Phi) is 2.99. The number of H-pyrrole nitrogens is 1. The van der Waals surface area contributed by atoms with Crippen molar-refractivity contribution in [1.82, 2.24) is 19.5 Å². The molecule has 0 saturated carbocycles. The molecule has 0 spiro atoms. The van der Waals surface area contributed by atoms with Crippen LogP contribution >= 0.6 is 23.6 Å². The average Bonchev–Trinajstić information content (AvgIpc) is 2.91. The van der Waals surface area contributed by atoms with Gasteiger partial charge < -0.3 is 4.98 Å². The van der Waals surface area contributed by atoms with E-state index in [1.54, 1.807) is 11.3 Å². The molecule has 0 bridgehead atoms. The molecule has 4 nitrogen and oxygen atoms in total. The van der Waals surface area contributed by atoms with Crippen LogP contribution in [0.2, 0.25) is 0 Å². The van der Waals surface area contributed by atoms with E-state index in [0.717, 1.165) is 27.4 Å². The lowest BCUT2D eigenvalue weighted by Gasteiger charge is -2.10. The predicted octanol–water partition coefficient (Wildman–Crippen LogP) is 3.78. The molecular formula is C13H14N4S2. The lowest BCUT2D eigenvalue weighted by atomic mass is 10.3. The van der Waals surface area contributed by atoms with E-state index in [0.29, 0.717) is 4.77 Å². The Hall–Kier alpha value is -1.53. The minimum absolute atomic E-state index is 0.0927. The van der Waals surface area contributed by atoms with Crippen LogP contribution in [0.4, 0.5) is 0 Å². The Morgan fingerprint density at radius 1 is 1.42 bits per heavy atom. The highest BCUT2D eigenvalue weighted by Crippen LogP contribution is 2.25. The van der Waals surface area contributed by atoms with Crippen LogP contribution in [0.15, 0.2) is 17.6 Å².